The van der Waals surface area contributed by atoms with Gasteiger partial charge in [0.2, 0.25) is 5.79 Å². The van der Waals surface area contributed by atoms with Crippen molar-refractivity contribution in [3.8, 4) is 0 Å². The van der Waals surface area contributed by atoms with Crippen molar-refractivity contribution in [3.05, 3.63) is 125 Å². The molecule has 0 saturated heterocycles. The first kappa shape index (κ1) is 22.3. The molecule has 0 bridgehead atoms. The standard InChI is InChI=1S/C30H28O4/c31-29-28(27(24-16-17-24)23-14-8-3-9-15-23)30(32,33)20-26(34-29)25(18-21-10-4-1-5-11-21)19-22-12-6-2-7-13-22/h1-15,18,20,24,27-28,32-33H,16-17,19H2. The second kappa shape index (κ2) is 9.41. The van der Waals surface area contributed by atoms with Gasteiger partial charge in [-0.3, -0.25) is 4.79 Å². The van der Waals surface area contributed by atoms with E-state index < -0.39 is 17.7 Å². The van der Waals surface area contributed by atoms with Crippen LogP contribution in [-0.4, -0.2) is 22.0 Å². The number of benzene rings is 3. The number of hydrogen-bond donors (Lipinski definition) is 2. The molecule has 2 atom stereocenters. The summed E-state index contributed by atoms with van der Waals surface area (Å²) in [5, 5.41) is 22.4. The quantitative estimate of drug-likeness (QED) is 0.380. The van der Waals surface area contributed by atoms with Crippen molar-refractivity contribution in [2.45, 2.75) is 31.0 Å². The average molecular weight is 453 g/mol. The van der Waals surface area contributed by atoms with E-state index in [0.29, 0.717) is 12.0 Å². The van der Waals surface area contributed by atoms with E-state index in [1.54, 1.807) is 0 Å². The van der Waals surface area contributed by atoms with Gasteiger partial charge in [0.1, 0.15) is 11.7 Å². The van der Waals surface area contributed by atoms with Gasteiger partial charge in [0.15, 0.2) is 0 Å². The summed E-state index contributed by atoms with van der Waals surface area (Å²) in [6.07, 6.45) is 5.65. The number of esters is 1. The summed E-state index contributed by atoms with van der Waals surface area (Å²) in [5.41, 5.74) is 3.61. The summed E-state index contributed by atoms with van der Waals surface area (Å²) in [5.74, 6) is -3.88. The molecule has 172 valence electrons. The van der Waals surface area contributed by atoms with Crippen LogP contribution in [-0.2, 0) is 16.0 Å². The Hall–Kier alpha value is -3.47. The number of hydrogen-bond acceptors (Lipinski definition) is 4. The molecule has 1 fully saturated rings. The van der Waals surface area contributed by atoms with Crippen molar-refractivity contribution in [2.24, 2.45) is 11.8 Å². The van der Waals surface area contributed by atoms with Crippen molar-refractivity contribution in [1.82, 2.24) is 0 Å². The first-order chi connectivity index (χ1) is 16.5. The Labute approximate surface area is 199 Å². The summed E-state index contributed by atoms with van der Waals surface area (Å²) in [6, 6.07) is 29.2. The Balaban J connectivity index is 1.53. The Morgan fingerprint density at radius 2 is 1.50 bits per heavy atom. The van der Waals surface area contributed by atoms with Gasteiger partial charge in [-0.05, 0) is 47.1 Å². The zero-order valence-corrected chi connectivity index (χ0v) is 18.9. The molecule has 34 heavy (non-hydrogen) atoms. The van der Waals surface area contributed by atoms with Crippen LogP contribution in [0.5, 0.6) is 0 Å². The molecule has 0 amide bonds. The molecule has 1 aliphatic carbocycles. The van der Waals surface area contributed by atoms with Gasteiger partial charge in [0.05, 0.1) is 0 Å². The van der Waals surface area contributed by atoms with Gasteiger partial charge in [-0.2, -0.15) is 0 Å². The van der Waals surface area contributed by atoms with Gasteiger partial charge < -0.3 is 14.9 Å². The average Bonchev–Trinajstić information content (AvgIpc) is 3.68. The molecule has 3 aromatic carbocycles. The molecular weight excluding hydrogens is 424 g/mol. The predicted molar refractivity (Wildman–Crippen MR) is 131 cm³/mol. The van der Waals surface area contributed by atoms with E-state index in [9.17, 15) is 15.0 Å². The van der Waals surface area contributed by atoms with Gasteiger partial charge in [0.25, 0.3) is 0 Å². The monoisotopic (exact) mass is 452 g/mol. The topological polar surface area (TPSA) is 66.8 Å². The second-order valence-corrected chi connectivity index (χ2v) is 9.21. The minimum absolute atomic E-state index is 0.196. The van der Waals surface area contributed by atoms with E-state index >= 15 is 0 Å². The largest absolute Gasteiger partial charge is 0.426 e. The fourth-order valence-electron chi connectivity index (χ4n) is 4.87. The summed E-state index contributed by atoms with van der Waals surface area (Å²) in [6.45, 7) is 0. The lowest BCUT2D eigenvalue weighted by Gasteiger charge is -2.37. The molecule has 0 spiro atoms. The fraction of sp³-hybridized carbons (Fsp3) is 0.233. The minimum Gasteiger partial charge on any atom is -0.426 e. The minimum atomic E-state index is -2.32. The van der Waals surface area contributed by atoms with Gasteiger partial charge in [-0.15, -0.1) is 0 Å². The molecule has 3 aromatic rings. The van der Waals surface area contributed by atoms with Gasteiger partial charge >= 0.3 is 5.97 Å². The molecule has 2 unspecified atom stereocenters. The summed E-state index contributed by atoms with van der Waals surface area (Å²) in [4.78, 5) is 13.4. The molecule has 5 rings (SSSR count). The maximum absolute atomic E-state index is 13.4. The fourth-order valence-corrected chi connectivity index (χ4v) is 4.87. The van der Waals surface area contributed by atoms with Gasteiger partial charge in [-0.25, -0.2) is 0 Å². The predicted octanol–water partition coefficient (Wildman–Crippen LogP) is 5.24. The first-order valence-electron chi connectivity index (χ1n) is 11.8. The van der Waals surface area contributed by atoms with E-state index in [2.05, 4.69) is 0 Å². The lowest BCUT2D eigenvalue weighted by Crippen LogP contribution is -2.48. The molecule has 1 saturated carbocycles. The van der Waals surface area contributed by atoms with E-state index in [-0.39, 0.29) is 17.6 Å². The lowest BCUT2D eigenvalue weighted by atomic mass is 9.76. The van der Waals surface area contributed by atoms with Crippen LogP contribution in [0.2, 0.25) is 0 Å². The van der Waals surface area contributed by atoms with Crippen molar-refractivity contribution >= 4 is 12.0 Å². The molecule has 2 aliphatic rings. The maximum atomic E-state index is 13.4. The highest BCUT2D eigenvalue weighted by Gasteiger charge is 2.53. The first-order valence-corrected chi connectivity index (χ1v) is 11.8. The maximum Gasteiger partial charge on any atom is 0.320 e. The number of carbonyl (C=O) groups excluding carboxylic acids is 1. The molecule has 0 radical (unpaired) electrons. The third kappa shape index (κ3) is 4.89. The SMILES string of the molecule is O=C1OC(C(=Cc2ccccc2)Cc2ccccc2)=CC(O)(O)C1C(c1ccccc1)C1CC1. The van der Waals surface area contributed by atoms with E-state index in [1.807, 2.05) is 97.1 Å². The molecule has 0 aromatic heterocycles. The lowest BCUT2D eigenvalue weighted by molar-refractivity contribution is -0.199. The summed E-state index contributed by atoms with van der Waals surface area (Å²) < 4.78 is 5.86. The van der Waals surface area contributed by atoms with Crippen LogP contribution in [0.15, 0.2) is 108 Å². The van der Waals surface area contributed by atoms with Crippen molar-refractivity contribution in [1.29, 1.82) is 0 Å². The molecular formula is C30H28O4. The van der Waals surface area contributed by atoms with Crippen molar-refractivity contribution < 1.29 is 19.7 Å². The van der Waals surface area contributed by atoms with E-state index in [0.717, 1.165) is 29.5 Å². The van der Waals surface area contributed by atoms with Crippen LogP contribution >= 0.6 is 0 Å². The molecule has 2 N–H and O–H groups in total. The van der Waals surface area contributed by atoms with Crippen LogP contribution in [0, 0.1) is 11.8 Å². The van der Waals surface area contributed by atoms with Gasteiger partial charge in [-0.1, -0.05) is 91.0 Å². The number of cyclic esters (lactones) is 1. The Bertz CT molecular complexity index is 1190. The number of rotatable bonds is 7. The number of aliphatic hydroxyl groups is 2. The van der Waals surface area contributed by atoms with E-state index in [1.165, 1.54) is 6.08 Å². The van der Waals surface area contributed by atoms with Gasteiger partial charge in [0, 0.05) is 18.4 Å². The number of ether oxygens (including phenoxy) is 1. The number of allylic oxidation sites excluding steroid dienone is 1. The highest BCUT2D eigenvalue weighted by Crippen LogP contribution is 2.51. The van der Waals surface area contributed by atoms with Crippen molar-refractivity contribution in [3.63, 3.8) is 0 Å². The smallest absolute Gasteiger partial charge is 0.320 e. The molecule has 4 nitrogen and oxygen atoms in total. The van der Waals surface area contributed by atoms with Crippen molar-refractivity contribution in [2.75, 3.05) is 0 Å². The highest BCUT2D eigenvalue weighted by molar-refractivity contribution is 5.79. The van der Waals surface area contributed by atoms with Crippen LogP contribution in [0.4, 0.5) is 0 Å². The zero-order valence-electron chi connectivity index (χ0n) is 18.9. The van der Waals surface area contributed by atoms with Crippen LogP contribution < -0.4 is 0 Å². The third-order valence-corrected chi connectivity index (χ3v) is 6.63. The third-order valence-electron chi connectivity index (χ3n) is 6.63. The Morgan fingerprint density at radius 3 is 2.09 bits per heavy atom. The molecule has 1 heterocycles. The van der Waals surface area contributed by atoms with Crippen LogP contribution in [0.3, 0.4) is 0 Å². The van der Waals surface area contributed by atoms with E-state index in [4.69, 9.17) is 4.74 Å². The highest BCUT2D eigenvalue weighted by atomic mass is 16.6. The Morgan fingerprint density at radius 1 is 0.912 bits per heavy atom. The Kier molecular flexibility index (Phi) is 6.18. The number of carbonyl (C=O) groups is 1. The zero-order chi connectivity index (χ0) is 23.5. The molecule has 1 aliphatic heterocycles. The molecule has 4 heteroatoms. The normalized spacial score (nSPS) is 20.9. The second-order valence-electron chi connectivity index (χ2n) is 9.21. The van der Waals surface area contributed by atoms with Crippen LogP contribution in [0.1, 0.15) is 35.4 Å². The summed E-state index contributed by atoms with van der Waals surface area (Å²) >= 11 is 0. The van der Waals surface area contributed by atoms with Crippen LogP contribution in [0.25, 0.3) is 6.08 Å². The summed E-state index contributed by atoms with van der Waals surface area (Å²) in [7, 11) is 0.